The number of aromatic nitrogens is 2. The molecule has 2 atom stereocenters. The lowest BCUT2D eigenvalue weighted by molar-refractivity contribution is -0.137. The predicted octanol–water partition coefficient (Wildman–Crippen LogP) is 3.70. The van der Waals surface area contributed by atoms with Crippen molar-refractivity contribution in [3.05, 3.63) is 44.8 Å². The standard InChI is InChI=1S/C21H24ClF3N4O4/c1-5-33-16-10-29(20(31)32-4)9-15(16)27-17-11(2)26-18(28(3)19(17)30)13-7-6-12(8-14(13)22)21(23,24)25/h6-8,15-16,27H,5,9-10H2,1-4H3/t15-,16+/m1/s1. The highest BCUT2D eigenvalue weighted by Crippen LogP contribution is 2.35. The van der Waals surface area contributed by atoms with E-state index in [1.165, 1.54) is 29.7 Å². The van der Waals surface area contributed by atoms with E-state index in [1.807, 2.05) is 6.92 Å². The van der Waals surface area contributed by atoms with Crippen LogP contribution in [-0.2, 0) is 22.7 Å². The Morgan fingerprint density at radius 1 is 1.33 bits per heavy atom. The molecular weight excluding hydrogens is 465 g/mol. The van der Waals surface area contributed by atoms with Gasteiger partial charge >= 0.3 is 12.3 Å². The Balaban J connectivity index is 1.95. The molecule has 2 aromatic rings. The monoisotopic (exact) mass is 488 g/mol. The lowest BCUT2D eigenvalue weighted by Gasteiger charge is -2.22. The molecule has 33 heavy (non-hydrogen) atoms. The average Bonchev–Trinajstić information content (AvgIpc) is 3.15. The van der Waals surface area contributed by atoms with Crippen LogP contribution in [0.3, 0.4) is 0 Å². The summed E-state index contributed by atoms with van der Waals surface area (Å²) in [5.41, 5.74) is -0.611. The Kier molecular flexibility index (Phi) is 7.23. The molecule has 0 unspecified atom stereocenters. The third kappa shape index (κ3) is 5.09. The number of nitrogens with zero attached hydrogens (tertiary/aromatic N) is 3. The van der Waals surface area contributed by atoms with E-state index < -0.39 is 29.4 Å². The summed E-state index contributed by atoms with van der Waals surface area (Å²) < 4.78 is 50.6. The van der Waals surface area contributed by atoms with E-state index in [9.17, 15) is 22.8 Å². The van der Waals surface area contributed by atoms with Gasteiger partial charge in [0.25, 0.3) is 5.56 Å². The minimum atomic E-state index is -4.54. The van der Waals surface area contributed by atoms with Crippen LogP contribution < -0.4 is 10.9 Å². The molecule has 0 aliphatic carbocycles. The number of hydrogen-bond donors (Lipinski definition) is 1. The highest BCUT2D eigenvalue weighted by molar-refractivity contribution is 6.33. The van der Waals surface area contributed by atoms with Gasteiger partial charge in [-0.1, -0.05) is 11.6 Å². The van der Waals surface area contributed by atoms with E-state index in [-0.39, 0.29) is 34.7 Å². The molecule has 0 saturated carbocycles. The van der Waals surface area contributed by atoms with E-state index in [0.717, 1.165) is 12.1 Å². The summed E-state index contributed by atoms with van der Waals surface area (Å²) >= 11 is 6.10. The molecule has 1 N–H and O–H groups in total. The van der Waals surface area contributed by atoms with Crippen molar-refractivity contribution in [3.63, 3.8) is 0 Å². The Morgan fingerprint density at radius 3 is 2.61 bits per heavy atom. The number of ether oxygens (including phenoxy) is 2. The van der Waals surface area contributed by atoms with Crippen molar-refractivity contribution >= 4 is 23.4 Å². The Hall–Kier alpha value is -2.79. The molecule has 2 heterocycles. The first-order chi connectivity index (χ1) is 15.5. The zero-order chi connectivity index (χ0) is 24.5. The van der Waals surface area contributed by atoms with Crippen molar-refractivity contribution in [2.45, 2.75) is 32.2 Å². The first kappa shape index (κ1) is 24.8. The van der Waals surface area contributed by atoms with Crippen molar-refractivity contribution < 1.29 is 27.4 Å². The molecule has 1 fully saturated rings. The van der Waals surface area contributed by atoms with Gasteiger partial charge in [0.15, 0.2) is 0 Å². The van der Waals surface area contributed by atoms with Gasteiger partial charge in [0.05, 0.1) is 42.1 Å². The fourth-order valence-corrected chi connectivity index (χ4v) is 4.01. The van der Waals surface area contributed by atoms with Gasteiger partial charge < -0.3 is 19.7 Å². The summed E-state index contributed by atoms with van der Waals surface area (Å²) in [5, 5.41) is 2.96. The van der Waals surface area contributed by atoms with Crippen LogP contribution in [0.5, 0.6) is 0 Å². The molecule has 1 saturated heterocycles. The van der Waals surface area contributed by atoms with Gasteiger partial charge in [-0.2, -0.15) is 13.2 Å². The summed E-state index contributed by atoms with van der Waals surface area (Å²) in [7, 11) is 2.74. The molecule has 1 amide bonds. The van der Waals surface area contributed by atoms with Crippen LogP contribution in [0.1, 0.15) is 18.2 Å². The Bertz CT molecular complexity index is 1110. The number of benzene rings is 1. The second-order valence-electron chi connectivity index (χ2n) is 7.57. The van der Waals surface area contributed by atoms with Crippen LogP contribution in [0, 0.1) is 6.92 Å². The van der Waals surface area contributed by atoms with Gasteiger partial charge in [0.2, 0.25) is 0 Å². The van der Waals surface area contributed by atoms with Gasteiger partial charge in [-0.15, -0.1) is 0 Å². The topological polar surface area (TPSA) is 85.7 Å². The van der Waals surface area contributed by atoms with Crippen molar-refractivity contribution in [2.24, 2.45) is 7.05 Å². The van der Waals surface area contributed by atoms with Crippen molar-refractivity contribution in [2.75, 3.05) is 32.1 Å². The Morgan fingerprint density at radius 2 is 2.03 bits per heavy atom. The summed E-state index contributed by atoms with van der Waals surface area (Å²) in [5.74, 6) is 0.130. The molecule has 0 radical (unpaired) electrons. The minimum absolute atomic E-state index is 0.130. The van der Waals surface area contributed by atoms with Crippen LogP contribution in [0.2, 0.25) is 5.02 Å². The van der Waals surface area contributed by atoms with Gasteiger partial charge in [-0.3, -0.25) is 9.36 Å². The number of carbonyl (C=O) groups is 1. The fraction of sp³-hybridized carbons (Fsp3) is 0.476. The number of amides is 1. The lowest BCUT2D eigenvalue weighted by Crippen LogP contribution is -2.38. The zero-order valence-electron chi connectivity index (χ0n) is 18.5. The molecule has 8 nitrogen and oxygen atoms in total. The number of anilines is 1. The van der Waals surface area contributed by atoms with E-state index in [0.29, 0.717) is 18.8 Å². The van der Waals surface area contributed by atoms with Gasteiger partial charge in [0, 0.05) is 25.8 Å². The van der Waals surface area contributed by atoms with Crippen LogP contribution in [0.4, 0.5) is 23.7 Å². The maximum absolute atomic E-state index is 13.1. The molecule has 1 aromatic heterocycles. The van der Waals surface area contributed by atoms with Crippen molar-refractivity contribution in [1.82, 2.24) is 14.5 Å². The summed E-state index contributed by atoms with van der Waals surface area (Å²) in [6.45, 7) is 4.40. The smallest absolute Gasteiger partial charge is 0.416 e. The molecule has 3 rings (SSSR count). The molecular formula is C21H24ClF3N4O4. The minimum Gasteiger partial charge on any atom is -0.453 e. The maximum atomic E-state index is 13.1. The molecule has 0 spiro atoms. The summed E-state index contributed by atoms with van der Waals surface area (Å²) in [6, 6.07) is 2.49. The van der Waals surface area contributed by atoms with E-state index in [4.69, 9.17) is 21.1 Å². The molecule has 1 aliphatic rings. The number of alkyl halides is 3. The molecule has 1 aliphatic heterocycles. The zero-order valence-corrected chi connectivity index (χ0v) is 19.3. The van der Waals surface area contributed by atoms with Gasteiger partial charge in [0.1, 0.15) is 11.5 Å². The van der Waals surface area contributed by atoms with Crippen LogP contribution in [0.25, 0.3) is 11.4 Å². The summed E-state index contributed by atoms with van der Waals surface area (Å²) in [6.07, 6.45) is -5.41. The second kappa shape index (κ2) is 9.60. The molecule has 0 bridgehead atoms. The fourth-order valence-electron chi connectivity index (χ4n) is 3.75. The van der Waals surface area contributed by atoms with Crippen molar-refractivity contribution in [1.29, 1.82) is 0 Å². The summed E-state index contributed by atoms with van der Waals surface area (Å²) in [4.78, 5) is 31.0. The van der Waals surface area contributed by atoms with Crippen LogP contribution in [-0.4, -0.2) is 59.5 Å². The number of hydrogen-bond acceptors (Lipinski definition) is 6. The highest BCUT2D eigenvalue weighted by atomic mass is 35.5. The molecule has 12 heteroatoms. The van der Waals surface area contributed by atoms with E-state index in [2.05, 4.69) is 10.3 Å². The van der Waals surface area contributed by atoms with E-state index >= 15 is 0 Å². The number of halogens is 4. The SMILES string of the molecule is CCO[C@H]1CN(C(=O)OC)C[C@H]1Nc1c(C)nc(-c2ccc(C(F)(F)F)cc2Cl)n(C)c1=O. The maximum Gasteiger partial charge on any atom is 0.416 e. The van der Waals surface area contributed by atoms with Crippen LogP contribution in [0.15, 0.2) is 23.0 Å². The highest BCUT2D eigenvalue weighted by Gasteiger charge is 2.37. The Labute approximate surface area is 193 Å². The number of aryl methyl sites for hydroxylation is 1. The van der Waals surface area contributed by atoms with Gasteiger partial charge in [-0.05, 0) is 32.0 Å². The number of carbonyl (C=O) groups excluding carboxylic acids is 1. The third-order valence-corrected chi connectivity index (χ3v) is 5.73. The second-order valence-corrected chi connectivity index (χ2v) is 7.98. The van der Waals surface area contributed by atoms with E-state index in [1.54, 1.807) is 6.92 Å². The number of methoxy groups -OCH3 is 1. The quantitative estimate of drug-likeness (QED) is 0.691. The number of nitrogens with one attached hydrogen (secondary N) is 1. The number of likely N-dealkylation sites (tertiary alicyclic amines) is 1. The number of rotatable bonds is 5. The third-order valence-electron chi connectivity index (χ3n) is 5.42. The largest absolute Gasteiger partial charge is 0.453 e. The normalized spacial score (nSPS) is 18.5. The van der Waals surface area contributed by atoms with Gasteiger partial charge in [-0.25, -0.2) is 9.78 Å². The lowest BCUT2D eigenvalue weighted by atomic mass is 10.1. The van der Waals surface area contributed by atoms with Crippen LogP contribution >= 0.6 is 11.6 Å². The first-order valence-corrected chi connectivity index (χ1v) is 10.5. The predicted molar refractivity (Wildman–Crippen MR) is 116 cm³/mol. The molecule has 180 valence electrons. The first-order valence-electron chi connectivity index (χ1n) is 10.1. The van der Waals surface area contributed by atoms with Crippen molar-refractivity contribution in [3.8, 4) is 11.4 Å². The average molecular weight is 489 g/mol. The molecule has 1 aromatic carbocycles.